The molecule has 1 aromatic heterocycles. The number of rotatable bonds is 6. The second-order valence-corrected chi connectivity index (χ2v) is 6.92. The summed E-state index contributed by atoms with van der Waals surface area (Å²) >= 11 is 11.9. The van der Waals surface area contributed by atoms with Gasteiger partial charge in [-0.25, -0.2) is 9.97 Å². The van der Waals surface area contributed by atoms with Gasteiger partial charge in [0, 0.05) is 23.3 Å². The van der Waals surface area contributed by atoms with Crippen LogP contribution < -0.4 is 27.2 Å². The van der Waals surface area contributed by atoms with E-state index >= 15 is 0 Å². The zero-order valence-corrected chi connectivity index (χ0v) is 17.2. The van der Waals surface area contributed by atoms with Crippen molar-refractivity contribution in [2.45, 2.75) is 6.92 Å². The molecule has 154 valence electrons. The number of nitrogens with two attached hydrogens (primary N) is 1. The predicted octanol–water partition coefficient (Wildman–Crippen LogP) is 3.82. The van der Waals surface area contributed by atoms with Gasteiger partial charge >= 0.3 is 0 Å². The number of carbonyl (C=O) groups excluding carboxylic acids is 2. The molecule has 0 aliphatic carbocycles. The summed E-state index contributed by atoms with van der Waals surface area (Å²) in [6.45, 7) is 1.43. The molecule has 0 aliphatic rings. The molecule has 0 radical (unpaired) electrons. The summed E-state index contributed by atoms with van der Waals surface area (Å²) in [6, 6.07) is 11.5. The maximum absolute atomic E-state index is 12.3. The van der Waals surface area contributed by atoms with E-state index in [1.807, 2.05) is 0 Å². The highest BCUT2D eigenvalue weighted by Crippen LogP contribution is 2.26. The number of nitrogens with zero attached hydrogens (tertiary/aromatic N) is 2. The summed E-state index contributed by atoms with van der Waals surface area (Å²) in [7, 11) is 0. The van der Waals surface area contributed by atoms with Crippen molar-refractivity contribution < 1.29 is 9.59 Å². The van der Waals surface area contributed by atoms with Gasteiger partial charge in [0.2, 0.25) is 5.91 Å². The highest BCUT2D eigenvalue weighted by atomic mass is 35.5. The molecule has 6 N–H and O–H groups in total. The molecule has 0 saturated carbocycles. The summed E-state index contributed by atoms with van der Waals surface area (Å²) in [4.78, 5) is 31.5. The molecule has 0 unspecified atom stereocenters. The Hall–Kier alpha value is -3.56. The second kappa shape index (κ2) is 9.29. The van der Waals surface area contributed by atoms with Crippen molar-refractivity contribution in [1.82, 2.24) is 15.4 Å². The van der Waals surface area contributed by atoms with Crippen LogP contribution in [0.5, 0.6) is 0 Å². The number of hydrogen-bond acceptors (Lipinski definition) is 7. The molecule has 2 aromatic carbocycles. The van der Waals surface area contributed by atoms with E-state index in [0.29, 0.717) is 22.2 Å². The topological polar surface area (TPSA) is 134 Å². The molecule has 2 amide bonds. The fourth-order valence-electron chi connectivity index (χ4n) is 2.43. The van der Waals surface area contributed by atoms with Gasteiger partial charge in [-0.3, -0.25) is 20.4 Å². The van der Waals surface area contributed by atoms with Crippen LogP contribution in [0.15, 0.2) is 48.8 Å². The Bertz CT molecular complexity index is 1090. The molecule has 0 spiro atoms. The molecule has 0 fully saturated rings. The van der Waals surface area contributed by atoms with Crippen LogP contribution in [0.25, 0.3) is 0 Å². The minimum Gasteiger partial charge on any atom is -0.393 e. The third-order valence-corrected chi connectivity index (χ3v) is 4.37. The number of nitrogens with one attached hydrogen (secondary N) is 4. The van der Waals surface area contributed by atoms with Crippen LogP contribution in [-0.2, 0) is 4.79 Å². The minimum atomic E-state index is -0.488. The number of nitrogen functional groups attached to an aromatic ring is 1. The molecule has 1 heterocycles. The van der Waals surface area contributed by atoms with Crippen LogP contribution in [0.3, 0.4) is 0 Å². The molecular weight excluding hydrogens is 429 g/mol. The van der Waals surface area contributed by atoms with Crippen LogP contribution in [-0.4, -0.2) is 21.8 Å². The number of amides is 2. The Morgan fingerprint density at radius 1 is 0.967 bits per heavy atom. The van der Waals surface area contributed by atoms with Crippen molar-refractivity contribution in [3.05, 3.63) is 64.4 Å². The van der Waals surface area contributed by atoms with E-state index in [1.54, 1.807) is 30.3 Å². The van der Waals surface area contributed by atoms with Gasteiger partial charge in [-0.2, -0.15) is 0 Å². The number of aromatic nitrogens is 2. The highest BCUT2D eigenvalue weighted by molar-refractivity contribution is 6.36. The van der Waals surface area contributed by atoms with E-state index in [4.69, 9.17) is 28.9 Å². The molecule has 30 heavy (non-hydrogen) atoms. The van der Waals surface area contributed by atoms with Gasteiger partial charge < -0.3 is 16.4 Å². The number of carbonyl (C=O) groups is 2. The fraction of sp³-hybridized carbons (Fsp3) is 0.0526. The van der Waals surface area contributed by atoms with Crippen molar-refractivity contribution in [3.8, 4) is 0 Å². The Labute approximate surface area is 182 Å². The van der Waals surface area contributed by atoms with Crippen molar-refractivity contribution in [1.29, 1.82) is 0 Å². The largest absolute Gasteiger partial charge is 0.393 e. The smallest absolute Gasteiger partial charge is 0.271 e. The summed E-state index contributed by atoms with van der Waals surface area (Å²) in [5.41, 5.74) is 13.0. The normalized spacial score (nSPS) is 10.2. The van der Waals surface area contributed by atoms with E-state index in [0.717, 1.165) is 0 Å². The average Bonchev–Trinajstić information content (AvgIpc) is 2.69. The van der Waals surface area contributed by atoms with Crippen molar-refractivity contribution >= 4 is 63.7 Å². The van der Waals surface area contributed by atoms with Gasteiger partial charge in [0.15, 0.2) is 11.6 Å². The molecule has 0 saturated heterocycles. The van der Waals surface area contributed by atoms with Gasteiger partial charge in [0.05, 0.1) is 10.6 Å². The lowest BCUT2D eigenvalue weighted by Gasteiger charge is -2.14. The first-order chi connectivity index (χ1) is 14.3. The quantitative estimate of drug-likeness (QED) is 0.364. The molecule has 0 atom stereocenters. The van der Waals surface area contributed by atoms with Gasteiger partial charge in [-0.05, 0) is 42.5 Å². The van der Waals surface area contributed by atoms with Crippen LogP contribution in [0.4, 0.5) is 28.7 Å². The van der Waals surface area contributed by atoms with E-state index in [9.17, 15) is 9.59 Å². The van der Waals surface area contributed by atoms with Gasteiger partial charge in [-0.1, -0.05) is 23.2 Å². The number of hydrogen-bond donors (Lipinski definition) is 5. The van der Waals surface area contributed by atoms with E-state index in [1.165, 1.54) is 25.4 Å². The summed E-state index contributed by atoms with van der Waals surface area (Å²) in [5, 5.41) is 6.36. The van der Waals surface area contributed by atoms with E-state index < -0.39 is 5.91 Å². The molecule has 3 aromatic rings. The Kier molecular flexibility index (Phi) is 6.55. The second-order valence-electron chi connectivity index (χ2n) is 6.07. The minimum absolute atomic E-state index is 0.159. The summed E-state index contributed by atoms with van der Waals surface area (Å²) in [6.07, 6.45) is 1.29. The highest BCUT2D eigenvalue weighted by Gasteiger charge is 2.13. The first-order valence-corrected chi connectivity index (χ1v) is 9.35. The Morgan fingerprint density at radius 3 is 2.30 bits per heavy atom. The molecule has 0 bridgehead atoms. The first kappa shape index (κ1) is 21.2. The molecule has 3 rings (SSSR count). The standard InChI is InChI=1S/C19H17Cl2N7O2/c1-10(29)25-12-3-5-13(6-4-12)26-17-16(22)18(24-9-23-17)27-28-19(30)14-7-2-11(20)8-15(14)21/h2-9H,22H2,1H3,(H,25,29)(H,28,30)(H2,23,24,26,27). The Morgan fingerprint density at radius 2 is 1.63 bits per heavy atom. The van der Waals surface area contributed by atoms with Crippen LogP contribution >= 0.6 is 23.2 Å². The maximum Gasteiger partial charge on any atom is 0.271 e. The van der Waals surface area contributed by atoms with Gasteiger partial charge in [0.25, 0.3) is 5.91 Å². The zero-order valence-electron chi connectivity index (χ0n) is 15.7. The maximum atomic E-state index is 12.3. The SMILES string of the molecule is CC(=O)Nc1ccc(Nc2ncnc(NNC(=O)c3ccc(Cl)cc3Cl)c2N)cc1. The van der Waals surface area contributed by atoms with Gasteiger partial charge in [-0.15, -0.1) is 0 Å². The summed E-state index contributed by atoms with van der Waals surface area (Å²) in [5.74, 6) is -0.120. The first-order valence-electron chi connectivity index (χ1n) is 8.60. The van der Waals surface area contributed by atoms with Crippen LogP contribution in [0.1, 0.15) is 17.3 Å². The van der Waals surface area contributed by atoms with Crippen molar-refractivity contribution in [2.24, 2.45) is 0 Å². The number of halogens is 2. The molecular formula is C19H17Cl2N7O2. The zero-order chi connectivity index (χ0) is 21.7. The third-order valence-electron chi connectivity index (χ3n) is 3.82. The van der Waals surface area contributed by atoms with Crippen LogP contribution in [0.2, 0.25) is 10.0 Å². The summed E-state index contributed by atoms with van der Waals surface area (Å²) < 4.78 is 0. The number of benzene rings is 2. The van der Waals surface area contributed by atoms with Crippen LogP contribution in [0, 0.1) is 0 Å². The lowest BCUT2D eigenvalue weighted by Crippen LogP contribution is -2.30. The molecule has 0 aliphatic heterocycles. The van der Waals surface area contributed by atoms with E-state index in [-0.39, 0.29) is 28.0 Å². The molecule has 11 heteroatoms. The Balaban J connectivity index is 1.68. The van der Waals surface area contributed by atoms with E-state index in [2.05, 4.69) is 31.5 Å². The van der Waals surface area contributed by atoms with Gasteiger partial charge in [0.1, 0.15) is 12.0 Å². The number of hydrazine groups is 1. The monoisotopic (exact) mass is 445 g/mol. The lowest BCUT2D eigenvalue weighted by atomic mass is 10.2. The fourth-order valence-corrected chi connectivity index (χ4v) is 2.92. The average molecular weight is 446 g/mol. The third kappa shape index (κ3) is 5.28. The number of anilines is 5. The van der Waals surface area contributed by atoms with Crippen molar-refractivity contribution in [2.75, 3.05) is 21.8 Å². The van der Waals surface area contributed by atoms with Crippen molar-refractivity contribution in [3.63, 3.8) is 0 Å². The molecule has 9 nitrogen and oxygen atoms in total. The predicted molar refractivity (Wildman–Crippen MR) is 118 cm³/mol. The lowest BCUT2D eigenvalue weighted by molar-refractivity contribution is -0.114.